The van der Waals surface area contributed by atoms with Crippen LogP contribution >= 0.6 is 4.64 Å². The fourth-order valence-electron chi connectivity index (χ4n) is 2.49. The van der Waals surface area contributed by atoms with Gasteiger partial charge in [0.15, 0.2) is 0 Å². The van der Waals surface area contributed by atoms with Gasteiger partial charge in [-0.15, -0.1) is 0 Å². The van der Waals surface area contributed by atoms with Gasteiger partial charge in [0, 0.05) is 0 Å². The third-order valence-electron chi connectivity index (χ3n) is 4.19. The van der Waals surface area contributed by atoms with Gasteiger partial charge in [-0.1, -0.05) is 0 Å². The summed E-state index contributed by atoms with van der Waals surface area (Å²) in [4.78, 5) is 0. The van der Waals surface area contributed by atoms with Crippen molar-refractivity contribution >= 4 is 34.9 Å². The summed E-state index contributed by atoms with van der Waals surface area (Å²) in [7, 11) is 0. The topological polar surface area (TPSA) is 32.3 Å². The number of nitrogens with one attached hydrogen (secondary N) is 1. The molecule has 5 heteroatoms. The second-order valence-electron chi connectivity index (χ2n) is 6.23. The fourth-order valence-corrected chi connectivity index (χ4v) is 11.9. The van der Waals surface area contributed by atoms with Gasteiger partial charge in [0.25, 0.3) is 0 Å². The van der Waals surface area contributed by atoms with Crippen molar-refractivity contribution < 1.29 is 5.11 Å². The molecule has 1 atom stereocenters. The normalized spacial score (nSPS) is 12.9. The molecule has 0 saturated heterocycles. The molecule has 0 aliphatic rings. The molecule has 2 nitrogen and oxygen atoms in total. The number of benzene rings is 2. The van der Waals surface area contributed by atoms with Gasteiger partial charge in [0.1, 0.15) is 0 Å². The van der Waals surface area contributed by atoms with Crippen molar-refractivity contribution in [1.82, 2.24) is 4.33 Å². The number of hydrogen-bond donors (Lipinski definition) is 2. The van der Waals surface area contributed by atoms with Gasteiger partial charge in [-0.2, -0.15) is 0 Å². The Morgan fingerprint density at radius 3 is 1.88 bits per heavy atom. The first-order valence-corrected chi connectivity index (χ1v) is 16.3. The first-order valence-electron chi connectivity index (χ1n) is 8.87. The van der Waals surface area contributed by atoms with Gasteiger partial charge in [0.2, 0.25) is 0 Å². The average Bonchev–Trinajstić information content (AvgIpc) is 2.66. The summed E-state index contributed by atoms with van der Waals surface area (Å²) in [5.41, 5.74) is 2.84. The number of aryl methyl sites for hydroxylation is 2. The number of hydrogen-bond acceptors (Lipinski definition) is 2. The Bertz CT molecular complexity index is 554. The first kappa shape index (κ1) is 21.1. The molecule has 0 bridgehead atoms. The van der Waals surface area contributed by atoms with Crippen molar-refractivity contribution in [1.29, 1.82) is 0 Å². The van der Waals surface area contributed by atoms with Crippen LogP contribution < -0.4 is 4.33 Å². The zero-order chi connectivity index (χ0) is 18.0. The second-order valence-corrected chi connectivity index (χ2v) is 23.0. The maximum absolute atomic E-state index is 9.82. The van der Waals surface area contributed by atoms with E-state index < -0.39 is 4.64 Å². The van der Waals surface area contributed by atoms with E-state index in [0.29, 0.717) is 14.7 Å². The van der Waals surface area contributed by atoms with Crippen LogP contribution in [-0.4, -0.2) is 60.4 Å². The Balaban J connectivity index is 1.93. The van der Waals surface area contributed by atoms with Gasteiger partial charge in [-0.05, 0) is 0 Å². The summed E-state index contributed by atoms with van der Waals surface area (Å²) < 4.78 is 2.43. The molecule has 0 unspecified atom stereocenters. The molecule has 1 radical (unpaired) electrons. The van der Waals surface area contributed by atoms with E-state index in [2.05, 4.69) is 80.6 Å². The summed E-state index contributed by atoms with van der Waals surface area (Å²) in [6.45, 7) is 2.75. The number of aliphatic hydroxyl groups excluding tert-OH is 1. The van der Waals surface area contributed by atoms with Crippen LogP contribution in [0.5, 0.6) is 0 Å². The van der Waals surface area contributed by atoms with E-state index >= 15 is 0 Å². The maximum atomic E-state index is 9.82. The molecule has 0 aromatic heterocycles. The molecular formula is C20H28NOPSe2+. The van der Waals surface area contributed by atoms with E-state index in [1.165, 1.54) is 23.5 Å². The van der Waals surface area contributed by atoms with Crippen LogP contribution in [0.15, 0.2) is 60.7 Å². The molecule has 0 spiro atoms. The van der Waals surface area contributed by atoms with Crippen molar-refractivity contribution in [3.63, 3.8) is 0 Å². The molecule has 2 aromatic carbocycles. The van der Waals surface area contributed by atoms with Crippen molar-refractivity contribution in [2.45, 2.75) is 32.3 Å². The van der Waals surface area contributed by atoms with Crippen molar-refractivity contribution in [3.8, 4) is 0 Å². The zero-order valence-electron chi connectivity index (χ0n) is 14.8. The third kappa shape index (κ3) is 8.37. The third-order valence-corrected chi connectivity index (χ3v) is 16.8. The Morgan fingerprint density at radius 1 is 0.960 bits per heavy atom. The predicted octanol–water partition coefficient (Wildman–Crippen LogP) is 3.47. The quantitative estimate of drug-likeness (QED) is 0.376. The zero-order valence-corrected chi connectivity index (χ0v) is 19.1. The average molecular weight is 487 g/mol. The molecule has 25 heavy (non-hydrogen) atoms. The number of rotatable bonds is 11. The molecule has 0 aliphatic heterocycles. The number of aliphatic hydroxyl groups is 1. The van der Waals surface area contributed by atoms with Crippen LogP contribution in [0.2, 0.25) is 0 Å². The minimum absolute atomic E-state index is 0.224. The van der Waals surface area contributed by atoms with E-state index in [0.717, 1.165) is 25.8 Å². The van der Waals surface area contributed by atoms with E-state index in [-0.39, 0.29) is 6.10 Å². The molecule has 0 heterocycles. The Hall–Kier alpha value is -0.171. The predicted molar refractivity (Wildman–Crippen MR) is 113 cm³/mol. The molecule has 0 aliphatic carbocycles. The van der Waals surface area contributed by atoms with Crippen molar-refractivity contribution in [2.24, 2.45) is 0 Å². The van der Waals surface area contributed by atoms with E-state index in [9.17, 15) is 5.11 Å². The van der Waals surface area contributed by atoms with Gasteiger partial charge in [-0.25, -0.2) is 0 Å². The van der Waals surface area contributed by atoms with E-state index in [1.54, 1.807) is 0 Å². The van der Waals surface area contributed by atoms with Gasteiger partial charge in [-0.3, -0.25) is 0 Å². The second kappa shape index (κ2) is 11.5. The van der Waals surface area contributed by atoms with E-state index in [1.807, 2.05) is 6.92 Å². The molecular weight excluding hydrogens is 459 g/mol. The van der Waals surface area contributed by atoms with Crippen molar-refractivity contribution in [2.75, 3.05) is 18.9 Å². The Labute approximate surface area is 166 Å². The summed E-state index contributed by atoms with van der Waals surface area (Å²) in [6, 6.07) is 21.6. The van der Waals surface area contributed by atoms with Crippen LogP contribution in [0.1, 0.15) is 24.5 Å². The molecule has 0 fully saturated rings. The SMILES string of the molecule is CC[C@@H](O)CN[Se][P+]([Se])(CCc1ccccc1)CCc1ccccc1. The minimum atomic E-state index is -1.15. The molecule has 0 amide bonds. The monoisotopic (exact) mass is 489 g/mol. The first-order chi connectivity index (χ1) is 12.1. The summed E-state index contributed by atoms with van der Waals surface area (Å²) in [6.07, 6.45) is 5.33. The van der Waals surface area contributed by atoms with Gasteiger partial charge < -0.3 is 0 Å². The molecule has 135 valence electrons. The molecule has 0 saturated carbocycles. The van der Waals surface area contributed by atoms with Gasteiger partial charge >= 0.3 is 167 Å². The van der Waals surface area contributed by atoms with E-state index in [4.69, 9.17) is 0 Å². The summed E-state index contributed by atoms with van der Waals surface area (Å²) in [5.74, 6) is 0. The molecule has 2 N–H and O–H groups in total. The van der Waals surface area contributed by atoms with Crippen LogP contribution in [0.3, 0.4) is 0 Å². The fraction of sp³-hybridized carbons (Fsp3) is 0.400. The molecule has 2 aromatic rings. The summed E-state index contributed by atoms with van der Waals surface area (Å²) in [5, 5.41) is 9.82. The van der Waals surface area contributed by atoms with Crippen LogP contribution in [0.25, 0.3) is 0 Å². The standard InChI is InChI=1S/C20H28NOPSe2/c1-2-20(22)17-21-25-23(24,15-13-18-9-5-3-6-10-18)16-14-19-11-7-4-8-12-19/h3-12,20-22H,2,13-17H2,1H3/q+1/t20-/m1/s1. The Kier molecular flexibility index (Phi) is 9.74. The van der Waals surface area contributed by atoms with Crippen LogP contribution in [-0.2, 0) is 12.8 Å². The Morgan fingerprint density at radius 2 is 1.44 bits per heavy atom. The summed E-state index contributed by atoms with van der Waals surface area (Å²) >= 11 is 3.99. The van der Waals surface area contributed by atoms with Crippen molar-refractivity contribution in [3.05, 3.63) is 71.8 Å². The molecule has 2 rings (SSSR count). The van der Waals surface area contributed by atoms with Crippen LogP contribution in [0.4, 0.5) is 0 Å². The van der Waals surface area contributed by atoms with Gasteiger partial charge in [0.05, 0.1) is 0 Å². The van der Waals surface area contributed by atoms with Crippen LogP contribution in [0, 0.1) is 0 Å².